The van der Waals surface area contributed by atoms with Crippen LogP contribution >= 0.6 is 11.3 Å². The fourth-order valence-electron chi connectivity index (χ4n) is 2.28. The van der Waals surface area contributed by atoms with Crippen molar-refractivity contribution in [3.8, 4) is 11.3 Å². The van der Waals surface area contributed by atoms with Crippen molar-refractivity contribution >= 4 is 34.0 Å². The third-order valence-electron chi connectivity index (χ3n) is 3.46. The molecule has 1 saturated heterocycles. The Labute approximate surface area is 136 Å². The molecule has 3 rings (SSSR count). The number of hydrogen-bond donors (Lipinski definition) is 2. The molecule has 2 heterocycles. The molecular formula is C15H15N3O4S. The molecule has 0 radical (unpaired) electrons. The van der Waals surface area contributed by atoms with E-state index in [9.17, 15) is 9.59 Å². The number of ether oxygens (including phenoxy) is 1. The number of anilines is 2. The molecule has 0 spiro atoms. The van der Waals surface area contributed by atoms with Gasteiger partial charge < -0.3 is 14.7 Å². The fraction of sp³-hybridized carbons (Fsp3) is 0.267. The van der Waals surface area contributed by atoms with E-state index in [4.69, 9.17) is 9.84 Å². The summed E-state index contributed by atoms with van der Waals surface area (Å²) >= 11 is 1.19. The number of aromatic nitrogens is 1. The highest BCUT2D eigenvalue weighted by molar-refractivity contribution is 7.14. The van der Waals surface area contributed by atoms with Crippen molar-refractivity contribution in [2.45, 2.75) is 0 Å². The maximum Gasteiger partial charge on any atom is 0.394 e. The molecule has 1 aromatic heterocycles. The van der Waals surface area contributed by atoms with Gasteiger partial charge in [-0.05, 0) is 12.1 Å². The van der Waals surface area contributed by atoms with Crippen molar-refractivity contribution < 1.29 is 19.4 Å². The lowest BCUT2D eigenvalue weighted by atomic mass is 10.1. The minimum Gasteiger partial charge on any atom is -0.474 e. The van der Waals surface area contributed by atoms with Gasteiger partial charge in [-0.15, -0.1) is 11.3 Å². The van der Waals surface area contributed by atoms with Crippen LogP contribution < -0.4 is 10.2 Å². The predicted molar refractivity (Wildman–Crippen MR) is 86.8 cm³/mol. The lowest BCUT2D eigenvalue weighted by Crippen LogP contribution is -2.36. The van der Waals surface area contributed by atoms with E-state index < -0.39 is 11.9 Å². The Bertz CT molecular complexity index is 708. The molecule has 7 nitrogen and oxygen atoms in total. The van der Waals surface area contributed by atoms with Gasteiger partial charge in [0, 0.05) is 29.7 Å². The van der Waals surface area contributed by atoms with E-state index >= 15 is 0 Å². The van der Waals surface area contributed by atoms with Gasteiger partial charge in [-0.1, -0.05) is 12.1 Å². The first kappa shape index (κ1) is 15.4. The van der Waals surface area contributed by atoms with Crippen molar-refractivity contribution in [2.75, 3.05) is 36.5 Å². The van der Waals surface area contributed by atoms with Crippen molar-refractivity contribution in [3.05, 3.63) is 29.6 Å². The molecule has 1 amide bonds. The number of carbonyl (C=O) groups excluding carboxylic acids is 1. The van der Waals surface area contributed by atoms with Crippen LogP contribution in [-0.4, -0.2) is 48.3 Å². The number of carboxylic acids is 1. The molecule has 0 atom stereocenters. The quantitative estimate of drug-likeness (QED) is 0.830. The smallest absolute Gasteiger partial charge is 0.394 e. The highest BCUT2D eigenvalue weighted by Crippen LogP contribution is 2.27. The minimum absolute atomic E-state index is 0.268. The number of morpholine rings is 1. The van der Waals surface area contributed by atoms with E-state index in [0.29, 0.717) is 5.69 Å². The van der Waals surface area contributed by atoms with Crippen molar-refractivity contribution in [2.24, 2.45) is 0 Å². The molecule has 1 aliphatic heterocycles. The van der Waals surface area contributed by atoms with Crippen molar-refractivity contribution in [1.29, 1.82) is 0 Å². The number of nitrogens with one attached hydrogen (secondary N) is 1. The summed E-state index contributed by atoms with van der Waals surface area (Å²) in [4.78, 5) is 28.1. The third-order valence-corrected chi connectivity index (χ3v) is 4.22. The van der Waals surface area contributed by atoms with Crippen molar-refractivity contribution in [1.82, 2.24) is 4.98 Å². The van der Waals surface area contributed by atoms with Gasteiger partial charge >= 0.3 is 11.9 Å². The second kappa shape index (κ2) is 6.76. The van der Waals surface area contributed by atoms with E-state index in [0.717, 1.165) is 37.6 Å². The number of rotatable bonds is 3. The number of hydrogen-bond acceptors (Lipinski definition) is 6. The topological polar surface area (TPSA) is 91.8 Å². The van der Waals surface area contributed by atoms with E-state index in [1.165, 1.54) is 11.3 Å². The van der Waals surface area contributed by atoms with Gasteiger partial charge in [0.2, 0.25) is 0 Å². The first-order valence-corrected chi connectivity index (χ1v) is 7.94. The largest absolute Gasteiger partial charge is 0.474 e. The van der Waals surface area contributed by atoms with Gasteiger partial charge in [-0.2, -0.15) is 0 Å². The summed E-state index contributed by atoms with van der Waals surface area (Å²) in [6, 6.07) is 7.97. The fourth-order valence-corrected chi connectivity index (χ4v) is 2.99. The van der Waals surface area contributed by atoms with Gasteiger partial charge in [0.05, 0.1) is 18.9 Å². The molecule has 0 unspecified atom stereocenters. The molecule has 1 aromatic carbocycles. The Morgan fingerprint density at radius 3 is 2.57 bits per heavy atom. The van der Waals surface area contributed by atoms with Crippen LogP contribution in [0.4, 0.5) is 10.8 Å². The lowest BCUT2D eigenvalue weighted by molar-refractivity contribution is -0.147. The second-order valence-corrected chi connectivity index (χ2v) is 5.80. The minimum atomic E-state index is -1.53. The molecule has 2 aromatic rings. The van der Waals surface area contributed by atoms with Crippen LogP contribution in [0.3, 0.4) is 0 Å². The van der Waals surface area contributed by atoms with E-state index in [1.807, 2.05) is 24.3 Å². The zero-order valence-electron chi connectivity index (χ0n) is 12.2. The molecule has 23 heavy (non-hydrogen) atoms. The molecule has 0 saturated carbocycles. The van der Waals surface area contributed by atoms with Gasteiger partial charge in [0.15, 0.2) is 5.13 Å². The van der Waals surface area contributed by atoms with Crippen LogP contribution in [0.1, 0.15) is 0 Å². The molecule has 120 valence electrons. The highest BCUT2D eigenvalue weighted by atomic mass is 32.1. The average Bonchev–Trinajstić information content (AvgIpc) is 3.04. The Morgan fingerprint density at radius 1 is 1.22 bits per heavy atom. The lowest BCUT2D eigenvalue weighted by Gasteiger charge is -2.28. The molecule has 2 N–H and O–H groups in total. The number of amides is 1. The number of carboxylic acid groups (broad SMARTS) is 1. The van der Waals surface area contributed by atoms with Gasteiger partial charge in [-0.3, -0.25) is 10.1 Å². The third kappa shape index (κ3) is 3.66. The summed E-state index contributed by atoms with van der Waals surface area (Å²) in [6.45, 7) is 3.23. The van der Waals surface area contributed by atoms with E-state index in [1.54, 1.807) is 5.38 Å². The summed E-state index contributed by atoms with van der Waals surface area (Å²) in [5, 5.41) is 12.9. The Hall–Kier alpha value is -2.45. The summed E-state index contributed by atoms with van der Waals surface area (Å²) in [6.07, 6.45) is 0. The Kier molecular flexibility index (Phi) is 4.54. The number of carbonyl (C=O) groups is 2. The highest BCUT2D eigenvalue weighted by Gasteiger charge is 2.14. The molecule has 8 heteroatoms. The Morgan fingerprint density at radius 2 is 1.91 bits per heavy atom. The molecule has 1 fully saturated rings. The molecular weight excluding hydrogens is 318 g/mol. The Balaban J connectivity index is 1.71. The molecule has 1 aliphatic rings. The zero-order chi connectivity index (χ0) is 16.2. The second-order valence-electron chi connectivity index (χ2n) is 4.94. The van der Waals surface area contributed by atoms with Gasteiger partial charge in [0.1, 0.15) is 0 Å². The van der Waals surface area contributed by atoms with Crippen LogP contribution in [0, 0.1) is 0 Å². The first-order chi connectivity index (χ1) is 11.1. The SMILES string of the molecule is O=C(O)C(=O)Nc1nc(-c2ccc(N3CCOCC3)cc2)cs1. The summed E-state index contributed by atoms with van der Waals surface area (Å²) in [5.41, 5.74) is 2.74. The van der Waals surface area contributed by atoms with Crippen LogP contribution in [0.15, 0.2) is 29.6 Å². The summed E-state index contributed by atoms with van der Waals surface area (Å²) in [5.74, 6) is -2.62. The van der Waals surface area contributed by atoms with Crippen LogP contribution in [-0.2, 0) is 14.3 Å². The maximum absolute atomic E-state index is 11.1. The number of nitrogens with zero attached hydrogens (tertiary/aromatic N) is 2. The van der Waals surface area contributed by atoms with Gasteiger partial charge in [0.25, 0.3) is 0 Å². The predicted octanol–water partition coefficient (Wildman–Crippen LogP) is 1.67. The number of thiazole rings is 1. The van der Waals surface area contributed by atoms with Crippen LogP contribution in [0.2, 0.25) is 0 Å². The molecule has 0 aliphatic carbocycles. The van der Waals surface area contributed by atoms with Crippen LogP contribution in [0.5, 0.6) is 0 Å². The van der Waals surface area contributed by atoms with E-state index in [2.05, 4.69) is 15.2 Å². The van der Waals surface area contributed by atoms with Crippen LogP contribution in [0.25, 0.3) is 11.3 Å². The first-order valence-electron chi connectivity index (χ1n) is 7.06. The summed E-state index contributed by atoms with van der Waals surface area (Å²) in [7, 11) is 0. The standard InChI is InChI=1S/C15H15N3O4S/c19-13(14(20)21)17-15-16-12(9-23-15)10-1-3-11(4-2-10)18-5-7-22-8-6-18/h1-4,9H,5-8H2,(H,20,21)(H,16,17,19). The average molecular weight is 333 g/mol. The maximum atomic E-state index is 11.1. The normalized spacial score (nSPS) is 14.5. The van der Waals surface area contributed by atoms with E-state index in [-0.39, 0.29) is 5.13 Å². The number of aliphatic carboxylic acids is 1. The van der Waals surface area contributed by atoms with Gasteiger partial charge in [-0.25, -0.2) is 9.78 Å². The number of benzene rings is 1. The molecule has 0 bridgehead atoms. The monoisotopic (exact) mass is 333 g/mol. The van der Waals surface area contributed by atoms with Crippen molar-refractivity contribution in [3.63, 3.8) is 0 Å². The zero-order valence-corrected chi connectivity index (χ0v) is 13.0. The summed E-state index contributed by atoms with van der Waals surface area (Å²) < 4.78 is 5.34.